The Bertz CT molecular complexity index is 2080. The molecule has 0 aromatic heterocycles. The molecule has 0 radical (unpaired) electrons. The molecule has 6 aliphatic rings. The van der Waals surface area contributed by atoms with E-state index in [1.807, 2.05) is 60.6 Å². The van der Waals surface area contributed by atoms with E-state index < -0.39 is 34.6 Å². The summed E-state index contributed by atoms with van der Waals surface area (Å²) in [4.78, 5) is 56.1. The van der Waals surface area contributed by atoms with Crippen LogP contribution in [0.2, 0.25) is 0 Å². The minimum Gasteiger partial charge on any atom is -0.487 e. The summed E-state index contributed by atoms with van der Waals surface area (Å²) in [5.74, 6) is -0.486. The van der Waals surface area contributed by atoms with E-state index in [0.717, 1.165) is 16.7 Å². The zero-order chi connectivity index (χ0) is 41.6. The van der Waals surface area contributed by atoms with Gasteiger partial charge in [0.25, 0.3) is 0 Å². The Morgan fingerprint density at radius 2 is 1.31 bits per heavy atom. The largest absolute Gasteiger partial charge is 0.487 e. The number of carbonyl (C=O) groups is 4. The van der Waals surface area contributed by atoms with Crippen molar-refractivity contribution in [1.82, 2.24) is 31.1 Å². The van der Waals surface area contributed by atoms with E-state index in [2.05, 4.69) is 21.3 Å². The van der Waals surface area contributed by atoms with Gasteiger partial charge in [0, 0.05) is 72.8 Å². The summed E-state index contributed by atoms with van der Waals surface area (Å²) in [5, 5.41) is 29.4. The van der Waals surface area contributed by atoms with Gasteiger partial charge in [-0.15, -0.1) is 0 Å². The number of aryl methyl sites for hydroxylation is 1. The van der Waals surface area contributed by atoms with Crippen LogP contribution in [-0.2, 0) is 19.2 Å². The smallest absolute Gasteiger partial charge is 0.231 e. The van der Waals surface area contributed by atoms with Crippen molar-refractivity contribution in [3.63, 3.8) is 0 Å². The Morgan fingerprint density at radius 3 is 1.86 bits per heavy atom. The predicted octanol–water partition coefficient (Wildman–Crippen LogP) is 4.88. The van der Waals surface area contributed by atoms with Crippen molar-refractivity contribution in [2.45, 2.75) is 122 Å². The Balaban J connectivity index is 0.970. The molecule has 2 aromatic carbocycles. The van der Waals surface area contributed by atoms with Crippen molar-refractivity contribution in [2.75, 3.05) is 13.1 Å². The molecule has 15 heteroatoms. The van der Waals surface area contributed by atoms with Crippen LogP contribution in [0.3, 0.4) is 0 Å². The summed E-state index contributed by atoms with van der Waals surface area (Å²) in [6.45, 7) is 14.1. The molecule has 7 atom stereocenters. The number of guanidine groups is 2. The predicted molar refractivity (Wildman–Crippen MR) is 212 cm³/mol. The van der Waals surface area contributed by atoms with Crippen molar-refractivity contribution in [3.05, 3.63) is 58.4 Å². The number of rotatable bonds is 9. The maximum atomic E-state index is 14.7. The van der Waals surface area contributed by atoms with Gasteiger partial charge < -0.3 is 30.7 Å². The van der Waals surface area contributed by atoms with Gasteiger partial charge in [0.05, 0.1) is 12.1 Å². The second kappa shape index (κ2) is 14.0. The van der Waals surface area contributed by atoms with Gasteiger partial charge in [-0.2, -0.15) is 0 Å². The molecule has 58 heavy (non-hydrogen) atoms. The molecule has 8 rings (SSSR count). The van der Waals surface area contributed by atoms with Crippen molar-refractivity contribution in [3.8, 4) is 11.5 Å². The van der Waals surface area contributed by atoms with Crippen LogP contribution in [0.25, 0.3) is 0 Å². The molecule has 2 saturated heterocycles. The van der Waals surface area contributed by atoms with Crippen LogP contribution in [0.5, 0.6) is 11.5 Å². The Labute approximate surface area is 338 Å². The number of hydrogen-bond donors (Lipinski definition) is 6. The van der Waals surface area contributed by atoms with Gasteiger partial charge in [-0.3, -0.25) is 39.8 Å². The molecule has 0 spiro atoms. The number of hydrogen-bond acceptors (Lipinski definition) is 8. The fraction of sp³-hybridized carbons (Fsp3) is 0.581. The minimum absolute atomic E-state index is 0.0445. The Morgan fingerprint density at radius 1 is 0.776 bits per heavy atom. The average Bonchev–Trinajstić information content (AvgIpc) is 4.03. The van der Waals surface area contributed by atoms with Crippen LogP contribution in [0.1, 0.15) is 121 Å². The molecule has 310 valence electrons. The zero-order valence-electron chi connectivity index (χ0n) is 34.3. The standard InChI is InChI=1S/C43H55FN8O6/c1-21-10-34-29(31(16-43(6,7)58-34)48-38(56)27-12-23(27)20-52-36(54)18-42(4,5)50-40(52)46)14-25(21)33-15-30(28-13-24(44)8-9-32(28)57-33)47-37(55)26-11-22(26)19-51-35(53)17-41(2,3)49-39(51)45/h8-10,13-14,22-23,26-27,30-31,33H,11-12,15-20H2,1-7H3,(H2,45,49)(H2,46,50)(H,47,55)(H,48,56)/t22?,23-,26+,27+,30?,31?,33?/m0/s1. The molecular formula is C43H55FN8O6. The highest BCUT2D eigenvalue weighted by Crippen LogP contribution is 2.48. The van der Waals surface area contributed by atoms with Gasteiger partial charge in [-0.1, -0.05) is 0 Å². The SMILES string of the molecule is Cc1cc2c(cc1C1CC(NC(=O)[C@@H]3CC3CN3C(=N)NC(C)(C)CC3=O)c3cc(F)ccc3O1)C(NC(=O)[C@@H]1C[C@H]1CN1C(=N)NC(C)(C)CC1=O)CC(C)(C)O2. The number of benzene rings is 2. The molecule has 6 N–H and O–H groups in total. The summed E-state index contributed by atoms with van der Waals surface area (Å²) in [7, 11) is 0. The van der Waals surface area contributed by atoms with E-state index in [1.165, 1.54) is 21.9 Å². The Hall–Kier alpha value is -5.21. The van der Waals surface area contributed by atoms with Crippen molar-refractivity contribution >= 4 is 35.5 Å². The third-order valence-electron chi connectivity index (χ3n) is 12.5. The van der Waals surface area contributed by atoms with E-state index in [0.29, 0.717) is 49.3 Å². The normalized spacial score (nSPS) is 30.1. The third kappa shape index (κ3) is 7.96. The second-order valence-electron chi connectivity index (χ2n) is 19.2. The second-order valence-corrected chi connectivity index (χ2v) is 19.2. The number of nitrogens with zero attached hydrogens (tertiary/aromatic N) is 2. The molecule has 2 saturated carbocycles. The van der Waals surface area contributed by atoms with Crippen LogP contribution >= 0.6 is 0 Å². The lowest BCUT2D eigenvalue weighted by Crippen LogP contribution is -2.60. The van der Waals surface area contributed by atoms with Gasteiger partial charge in [0.15, 0.2) is 11.9 Å². The van der Waals surface area contributed by atoms with Crippen LogP contribution in [-0.4, -0.2) is 75.1 Å². The first-order chi connectivity index (χ1) is 27.2. The van der Waals surface area contributed by atoms with Crippen molar-refractivity contribution in [1.29, 1.82) is 10.8 Å². The van der Waals surface area contributed by atoms with Gasteiger partial charge in [-0.25, -0.2) is 4.39 Å². The molecule has 2 aliphatic carbocycles. The summed E-state index contributed by atoms with van der Waals surface area (Å²) < 4.78 is 27.7. The number of nitrogens with one attached hydrogen (secondary N) is 6. The fourth-order valence-corrected chi connectivity index (χ4v) is 9.28. The first-order valence-electron chi connectivity index (χ1n) is 20.4. The highest BCUT2D eigenvalue weighted by molar-refractivity contribution is 6.00. The van der Waals surface area contributed by atoms with Crippen LogP contribution in [0.15, 0.2) is 30.3 Å². The molecule has 4 amide bonds. The topological polar surface area (TPSA) is 189 Å². The summed E-state index contributed by atoms with van der Waals surface area (Å²) in [6.07, 6.45) is 2.09. The van der Waals surface area contributed by atoms with Crippen LogP contribution < -0.4 is 30.7 Å². The first kappa shape index (κ1) is 39.6. The van der Waals surface area contributed by atoms with Gasteiger partial charge in [0.1, 0.15) is 29.0 Å². The average molecular weight is 799 g/mol. The Kier molecular flexibility index (Phi) is 9.54. The number of carbonyl (C=O) groups excluding carboxylic acids is 4. The van der Waals surface area contributed by atoms with Gasteiger partial charge in [0.2, 0.25) is 23.6 Å². The highest BCUT2D eigenvalue weighted by Gasteiger charge is 2.49. The zero-order valence-corrected chi connectivity index (χ0v) is 34.3. The van der Waals surface area contributed by atoms with Crippen molar-refractivity contribution < 1.29 is 33.0 Å². The lowest BCUT2D eigenvalue weighted by molar-refractivity contribution is -0.131. The van der Waals surface area contributed by atoms with Crippen LogP contribution in [0.4, 0.5) is 4.39 Å². The number of halogens is 1. The molecule has 14 nitrogen and oxygen atoms in total. The number of amides is 4. The minimum atomic E-state index is -0.565. The van der Waals surface area contributed by atoms with E-state index in [1.54, 1.807) is 6.07 Å². The fourth-order valence-electron chi connectivity index (χ4n) is 9.28. The van der Waals surface area contributed by atoms with E-state index in [4.69, 9.17) is 20.3 Å². The first-order valence-corrected chi connectivity index (χ1v) is 20.4. The van der Waals surface area contributed by atoms with Crippen LogP contribution in [0, 0.1) is 47.2 Å². The molecule has 4 aliphatic heterocycles. The van der Waals surface area contributed by atoms with E-state index in [-0.39, 0.29) is 84.6 Å². The van der Waals surface area contributed by atoms with Crippen molar-refractivity contribution in [2.24, 2.45) is 23.7 Å². The number of fused-ring (bicyclic) bond motifs is 2. The lowest BCUT2D eigenvalue weighted by atomic mass is 9.85. The summed E-state index contributed by atoms with van der Waals surface area (Å²) in [6, 6.07) is 7.38. The van der Waals surface area contributed by atoms with E-state index >= 15 is 0 Å². The maximum Gasteiger partial charge on any atom is 0.231 e. The van der Waals surface area contributed by atoms with E-state index in [9.17, 15) is 23.6 Å². The molecule has 4 fully saturated rings. The molecule has 4 unspecified atom stereocenters. The summed E-state index contributed by atoms with van der Waals surface area (Å²) in [5.41, 5.74) is 1.58. The molecular weight excluding hydrogens is 744 g/mol. The van der Waals surface area contributed by atoms with Gasteiger partial charge >= 0.3 is 0 Å². The molecule has 2 aromatic rings. The van der Waals surface area contributed by atoms with Gasteiger partial charge in [-0.05, 0) is 115 Å². The monoisotopic (exact) mass is 798 g/mol. The summed E-state index contributed by atoms with van der Waals surface area (Å²) >= 11 is 0. The highest BCUT2D eigenvalue weighted by atomic mass is 19.1. The maximum absolute atomic E-state index is 14.7. The third-order valence-corrected chi connectivity index (χ3v) is 12.5. The lowest BCUT2D eigenvalue weighted by Gasteiger charge is -2.39. The quantitative estimate of drug-likeness (QED) is 0.207. The molecule has 0 bridgehead atoms. The number of ether oxygens (including phenoxy) is 2. The molecule has 4 heterocycles.